The minimum absolute atomic E-state index is 0.0276. The van der Waals surface area contributed by atoms with Crippen molar-refractivity contribution in [2.24, 2.45) is 18.7 Å². The number of urea groups is 1. The summed E-state index contributed by atoms with van der Waals surface area (Å²) in [5.74, 6) is -5.47. The number of ether oxygens (including phenoxy) is 2. The fourth-order valence-corrected chi connectivity index (χ4v) is 13.1. The molecule has 2 aliphatic carbocycles. The first-order valence-electron chi connectivity index (χ1n) is 26.3. The molecule has 0 radical (unpaired) electrons. The lowest BCUT2D eigenvalue weighted by Crippen LogP contribution is -2.51. The van der Waals surface area contributed by atoms with Gasteiger partial charge in [-0.05, 0) is 101 Å². The molecule has 3 aliphatic heterocycles. The first-order valence-corrected chi connectivity index (χ1v) is 26.7. The van der Waals surface area contributed by atoms with Crippen LogP contribution in [0.15, 0.2) is 54.6 Å². The van der Waals surface area contributed by atoms with Gasteiger partial charge >= 0.3 is 6.03 Å². The standard InChI is InChI=1S/C56H63ClF4N8O7/c1-30-44-42(28-40(59)48(57)47(44)46-37(52(62)72)17-18-41(49(46)60)75-26-25-70)76-56(30,33-7-5-4-6-8-33)29-63-34-13-9-32(10-14-34)54(73)68-22-19-36(20-23-68)66(2)35-15-11-31(12-16-35)45-39(58)27-38-51(50(45)61)67(3)65-53(38)69-24-21-43(71)64-55(69)74/h4-8,17-18,27-28,30-32,34-36,63,70H,9-16,19-26,29H2,1-3H3,(H2,62,72)(H,64,71,74). The van der Waals surface area contributed by atoms with E-state index in [1.54, 1.807) is 7.05 Å². The van der Waals surface area contributed by atoms with E-state index in [1.165, 1.54) is 33.8 Å². The molecule has 404 valence electrons. The number of rotatable bonds is 14. The number of anilines is 1. The lowest BCUT2D eigenvalue weighted by molar-refractivity contribution is -0.138. The van der Waals surface area contributed by atoms with Crippen LogP contribution in [0.4, 0.5) is 28.2 Å². The predicted molar refractivity (Wildman–Crippen MR) is 277 cm³/mol. The van der Waals surface area contributed by atoms with Crippen LogP contribution in [0.1, 0.15) is 116 Å². The molecule has 5 N–H and O–H groups in total. The third-order valence-electron chi connectivity index (χ3n) is 17.0. The third kappa shape index (κ3) is 9.65. The smallest absolute Gasteiger partial charge is 0.329 e. The number of carbonyl (C=O) groups is 4. The van der Waals surface area contributed by atoms with Gasteiger partial charge in [-0.3, -0.25) is 29.3 Å². The molecule has 4 aromatic carbocycles. The quantitative estimate of drug-likeness (QED) is 0.0786. The number of amides is 5. The number of primary amides is 1. The largest absolute Gasteiger partial charge is 0.488 e. The van der Waals surface area contributed by atoms with Crippen LogP contribution in [0.5, 0.6) is 11.5 Å². The summed E-state index contributed by atoms with van der Waals surface area (Å²) in [4.78, 5) is 56.8. The topological polar surface area (TPSA) is 185 Å². The zero-order chi connectivity index (χ0) is 53.7. The Morgan fingerprint density at radius 3 is 2.28 bits per heavy atom. The Balaban J connectivity index is 0.748. The van der Waals surface area contributed by atoms with Crippen molar-refractivity contribution in [2.45, 2.75) is 113 Å². The van der Waals surface area contributed by atoms with Crippen LogP contribution in [0, 0.1) is 29.2 Å². The fourth-order valence-electron chi connectivity index (χ4n) is 12.8. The lowest BCUT2D eigenvalue weighted by atomic mass is 9.77. The average molecular weight is 1070 g/mol. The fraction of sp³-hybridized carbons (Fsp3) is 0.482. The molecule has 10 rings (SSSR count). The van der Waals surface area contributed by atoms with Gasteiger partial charge in [-0.15, -0.1) is 0 Å². The van der Waals surface area contributed by atoms with Crippen molar-refractivity contribution in [3.63, 3.8) is 0 Å². The first kappa shape index (κ1) is 53.1. The van der Waals surface area contributed by atoms with Crippen LogP contribution < -0.4 is 30.7 Å². The molecular weight excluding hydrogens is 1010 g/mol. The Morgan fingerprint density at radius 2 is 1.61 bits per heavy atom. The Hall–Kier alpha value is -6.28. The zero-order valence-corrected chi connectivity index (χ0v) is 43.5. The number of benzene rings is 4. The van der Waals surface area contributed by atoms with Gasteiger partial charge in [0.15, 0.2) is 28.8 Å². The molecule has 2 atom stereocenters. The number of imide groups is 1. The Bertz CT molecular complexity index is 3070. The lowest BCUT2D eigenvalue weighted by Gasteiger charge is -2.43. The van der Waals surface area contributed by atoms with E-state index in [4.69, 9.17) is 26.8 Å². The van der Waals surface area contributed by atoms with Crippen LogP contribution in [0.3, 0.4) is 0 Å². The molecule has 5 aliphatic rings. The normalized spacial score (nSPS) is 24.2. The molecule has 4 heterocycles. The second kappa shape index (κ2) is 21.6. The van der Waals surface area contributed by atoms with E-state index in [0.29, 0.717) is 44.3 Å². The number of fused-ring (bicyclic) bond motifs is 2. The number of carbonyl (C=O) groups excluding carboxylic acids is 4. The molecule has 2 unspecified atom stereocenters. The molecule has 15 nitrogen and oxygen atoms in total. The molecule has 0 bridgehead atoms. The van der Waals surface area contributed by atoms with Crippen molar-refractivity contribution in [2.75, 3.05) is 51.3 Å². The van der Waals surface area contributed by atoms with Gasteiger partial charge in [0.1, 0.15) is 29.5 Å². The Morgan fingerprint density at radius 1 is 0.908 bits per heavy atom. The molecule has 20 heteroatoms. The van der Waals surface area contributed by atoms with E-state index in [9.17, 15) is 24.3 Å². The number of nitrogens with one attached hydrogen (secondary N) is 2. The van der Waals surface area contributed by atoms with Gasteiger partial charge in [-0.1, -0.05) is 48.9 Å². The Kier molecular flexibility index (Phi) is 15.1. The molecule has 4 fully saturated rings. The maximum absolute atomic E-state index is 16.5. The van der Waals surface area contributed by atoms with Gasteiger partial charge in [0.05, 0.1) is 22.6 Å². The first-order chi connectivity index (χ1) is 36.5. The van der Waals surface area contributed by atoms with Gasteiger partial charge in [0.25, 0.3) is 0 Å². The number of aliphatic hydroxyl groups excluding tert-OH is 1. The molecular formula is C56H63ClF4N8O7. The SMILES string of the molecule is CC1c2c(cc(F)c(Cl)c2-c2c(C(N)=O)ccc(OCCO)c2F)OC1(CNC1CCC(C(=O)N2CCC(N(C)C3CCC(c4c(F)cc5c(N6CCC(=O)NC6=O)nn(C)c5c4F)CC3)CC2)CC1)c1ccccc1. The molecule has 0 spiro atoms. The molecule has 5 amide bonds. The predicted octanol–water partition coefficient (Wildman–Crippen LogP) is 8.56. The van der Waals surface area contributed by atoms with Gasteiger partial charge in [-0.25, -0.2) is 22.4 Å². The summed E-state index contributed by atoms with van der Waals surface area (Å²) in [6, 6.07) is 14.3. The Labute approximate surface area is 443 Å². The van der Waals surface area contributed by atoms with Crippen molar-refractivity contribution in [1.29, 1.82) is 0 Å². The highest BCUT2D eigenvalue weighted by molar-refractivity contribution is 6.34. The average Bonchev–Trinajstić information content (AvgIpc) is 4.05. The number of likely N-dealkylation sites (tertiary alicyclic amines) is 1. The maximum Gasteiger partial charge on any atom is 0.329 e. The number of aliphatic hydroxyl groups is 1. The van der Waals surface area contributed by atoms with Crippen LogP contribution in [0.25, 0.3) is 22.0 Å². The highest BCUT2D eigenvalue weighted by atomic mass is 35.5. The van der Waals surface area contributed by atoms with Crippen molar-refractivity contribution in [1.82, 2.24) is 30.2 Å². The summed E-state index contributed by atoms with van der Waals surface area (Å²) < 4.78 is 78.2. The number of nitrogens with two attached hydrogens (primary N) is 1. The van der Waals surface area contributed by atoms with E-state index >= 15 is 17.6 Å². The second-order valence-electron chi connectivity index (χ2n) is 21.1. The van der Waals surface area contributed by atoms with E-state index < -0.39 is 64.3 Å². The number of hydrogen-bond donors (Lipinski definition) is 4. The summed E-state index contributed by atoms with van der Waals surface area (Å²) in [6.45, 7) is 2.89. The van der Waals surface area contributed by atoms with E-state index in [-0.39, 0.29) is 112 Å². The second-order valence-corrected chi connectivity index (χ2v) is 21.5. The van der Waals surface area contributed by atoms with Crippen molar-refractivity contribution in [3.8, 4) is 22.6 Å². The van der Waals surface area contributed by atoms with Crippen LogP contribution in [-0.4, -0.2) is 113 Å². The van der Waals surface area contributed by atoms with Crippen LogP contribution >= 0.6 is 11.6 Å². The minimum Gasteiger partial charge on any atom is -0.488 e. The van der Waals surface area contributed by atoms with Gasteiger partial charge in [0.2, 0.25) is 17.7 Å². The van der Waals surface area contributed by atoms with Crippen molar-refractivity contribution < 1.29 is 51.3 Å². The number of halogens is 5. The molecule has 2 saturated heterocycles. The highest BCUT2D eigenvalue weighted by Gasteiger charge is 2.50. The molecule has 76 heavy (non-hydrogen) atoms. The van der Waals surface area contributed by atoms with Crippen LogP contribution in [0.2, 0.25) is 5.02 Å². The number of aryl methyl sites for hydroxylation is 1. The monoisotopic (exact) mass is 1070 g/mol. The number of hydrogen-bond acceptors (Lipinski definition) is 10. The van der Waals surface area contributed by atoms with E-state index in [2.05, 4.69) is 27.7 Å². The van der Waals surface area contributed by atoms with Crippen LogP contribution in [-0.2, 0) is 22.2 Å². The van der Waals surface area contributed by atoms with Crippen molar-refractivity contribution in [3.05, 3.63) is 105 Å². The maximum atomic E-state index is 16.5. The molecule has 1 aromatic heterocycles. The van der Waals surface area contributed by atoms with Gasteiger partial charge in [0, 0.05) is 97.9 Å². The van der Waals surface area contributed by atoms with Gasteiger partial charge in [-0.2, -0.15) is 5.10 Å². The van der Waals surface area contributed by atoms with E-state index in [1.807, 2.05) is 42.2 Å². The summed E-state index contributed by atoms with van der Waals surface area (Å²) in [5, 5.41) is 19.5. The van der Waals surface area contributed by atoms with Crippen molar-refractivity contribution >= 4 is 52.1 Å². The summed E-state index contributed by atoms with van der Waals surface area (Å²) in [5.41, 5.74) is 5.33. The highest BCUT2D eigenvalue weighted by Crippen LogP contribution is 2.57. The third-order valence-corrected chi connectivity index (χ3v) is 17.4. The summed E-state index contributed by atoms with van der Waals surface area (Å²) in [7, 11) is 3.68. The molecule has 2 saturated carbocycles. The molecule has 5 aromatic rings. The zero-order valence-electron chi connectivity index (χ0n) is 42.8. The summed E-state index contributed by atoms with van der Waals surface area (Å²) >= 11 is 6.72. The number of aromatic nitrogens is 2. The van der Waals surface area contributed by atoms with Gasteiger partial charge < -0.3 is 35.4 Å². The summed E-state index contributed by atoms with van der Waals surface area (Å²) in [6.07, 6.45) is 7.28. The van der Waals surface area contributed by atoms with E-state index in [0.717, 1.165) is 44.1 Å². The number of nitrogens with zero attached hydrogens (tertiary/aromatic N) is 5. The number of piperidine rings is 1. The minimum atomic E-state index is -1.13.